The first-order valence-electron chi connectivity index (χ1n) is 7.86. The zero-order valence-electron chi connectivity index (χ0n) is 13.6. The Labute approximate surface area is 176 Å². The van der Waals surface area contributed by atoms with E-state index in [1.807, 2.05) is 60.7 Å². The molecule has 0 spiro atoms. The Bertz CT molecular complexity index is 860. The highest BCUT2D eigenvalue weighted by molar-refractivity contribution is 9.10. The van der Waals surface area contributed by atoms with Gasteiger partial charge in [-0.2, -0.15) is 0 Å². The predicted molar refractivity (Wildman–Crippen MR) is 114 cm³/mol. The van der Waals surface area contributed by atoms with Gasteiger partial charge in [0.15, 0.2) is 5.75 Å². The second-order valence-electron chi connectivity index (χ2n) is 5.66. The first-order chi connectivity index (χ1) is 12.5. The highest BCUT2D eigenvalue weighted by atomic mass is 79.9. The summed E-state index contributed by atoms with van der Waals surface area (Å²) < 4.78 is 6.83. The molecule has 0 fully saturated rings. The lowest BCUT2D eigenvalue weighted by Gasteiger charge is -2.13. The van der Waals surface area contributed by atoms with Crippen molar-refractivity contribution in [2.45, 2.75) is 13.2 Å². The summed E-state index contributed by atoms with van der Waals surface area (Å²) in [6.07, 6.45) is 0. The van der Waals surface area contributed by atoms with Crippen molar-refractivity contribution in [3.63, 3.8) is 0 Å². The molecule has 0 aliphatic carbocycles. The molecular weight excluding hydrogens is 456 g/mol. The van der Waals surface area contributed by atoms with E-state index in [2.05, 4.69) is 21.2 Å². The number of benzene rings is 3. The average Bonchev–Trinajstić information content (AvgIpc) is 2.62. The molecule has 6 heteroatoms. The van der Waals surface area contributed by atoms with Gasteiger partial charge >= 0.3 is 0 Å². The summed E-state index contributed by atoms with van der Waals surface area (Å²) in [6, 6.07) is 19.1. The molecule has 3 aromatic rings. The summed E-state index contributed by atoms with van der Waals surface area (Å²) in [7, 11) is 0. The third kappa shape index (κ3) is 5.31. The Morgan fingerprint density at radius 2 is 1.42 bits per heavy atom. The van der Waals surface area contributed by atoms with Crippen LogP contribution in [-0.4, -0.2) is 0 Å². The zero-order valence-corrected chi connectivity index (χ0v) is 17.5. The molecule has 0 heterocycles. The molecule has 0 aliphatic heterocycles. The normalized spacial score (nSPS) is 10.6. The van der Waals surface area contributed by atoms with Gasteiger partial charge in [0.2, 0.25) is 0 Å². The third-order valence-electron chi connectivity index (χ3n) is 3.70. The Morgan fingerprint density at radius 3 is 2.04 bits per heavy atom. The molecule has 0 saturated carbocycles. The summed E-state index contributed by atoms with van der Waals surface area (Å²) in [5.41, 5.74) is 2.97. The van der Waals surface area contributed by atoms with Crippen LogP contribution in [0.1, 0.15) is 11.1 Å². The predicted octanol–water partition coefficient (Wildman–Crippen LogP) is 7.60. The van der Waals surface area contributed by atoms with E-state index in [0.717, 1.165) is 21.3 Å². The molecule has 0 unspecified atom stereocenters. The molecule has 3 rings (SSSR count). The van der Waals surface area contributed by atoms with E-state index in [0.29, 0.717) is 34.0 Å². The van der Waals surface area contributed by atoms with Gasteiger partial charge in [-0.05, 0) is 59.7 Å². The topological polar surface area (TPSA) is 21.3 Å². The van der Waals surface area contributed by atoms with E-state index in [-0.39, 0.29) is 0 Å². The number of nitrogens with one attached hydrogen (secondary N) is 1. The Balaban J connectivity index is 1.65. The number of hydrogen-bond acceptors (Lipinski definition) is 2. The monoisotopic (exact) mass is 469 g/mol. The van der Waals surface area contributed by atoms with E-state index in [1.54, 1.807) is 0 Å². The van der Waals surface area contributed by atoms with Crippen LogP contribution < -0.4 is 10.1 Å². The van der Waals surface area contributed by atoms with Gasteiger partial charge in [-0.25, -0.2) is 0 Å². The molecule has 26 heavy (non-hydrogen) atoms. The van der Waals surface area contributed by atoms with E-state index < -0.39 is 0 Å². The lowest BCUT2D eigenvalue weighted by molar-refractivity contribution is 0.306. The first-order valence-corrected chi connectivity index (χ1v) is 9.78. The summed E-state index contributed by atoms with van der Waals surface area (Å²) >= 11 is 22.0. The van der Waals surface area contributed by atoms with Gasteiger partial charge in [0, 0.05) is 21.7 Å². The molecule has 1 N–H and O–H groups in total. The zero-order chi connectivity index (χ0) is 18.5. The van der Waals surface area contributed by atoms with Crippen LogP contribution in [-0.2, 0) is 13.2 Å². The lowest BCUT2D eigenvalue weighted by atomic mass is 10.2. The molecule has 0 amide bonds. The first kappa shape index (κ1) is 19.4. The van der Waals surface area contributed by atoms with E-state index >= 15 is 0 Å². The molecule has 2 nitrogen and oxygen atoms in total. The molecule has 134 valence electrons. The highest BCUT2D eigenvalue weighted by Crippen LogP contribution is 2.35. The minimum absolute atomic E-state index is 0.398. The van der Waals surface area contributed by atoms with E-state index in [9.17, 15) is 0 Å². The number of ether oxygens (including phenoxy) is 1. The van der Waals surface area contributed by atoms with Crippen LogP contribution in [0.25, 0.3) is 0 Å². The minimum atomic E-state index is 0.398. The second-order valence-corrected chi connectivity index (χ2v) is 7.83. The van der Waals surface area contributed by atoms with Gasteiger partial charge in [-0.3, -0.25) is 0 Å². The second kappa shape index (κ2) is 9.01. The summed E-state index contributed by atoms with van der Waals surface area (Å²) in [4.78, 5) is 0. The van der Waals surface area contributed by atoms with Crippen LogP contribution in [0.15, 0.2) is 65.1 Å². The maximum atomic E-state index is 6.37. The Kier molecular flexibility index (Phi) is 6.71. The molecule has 0 aliphatic rings. The summed E-state index contributed by atoms with van der Waals surface area (Å²) in [5, 5.41) is 4.98. The van der Waals surface area contributed by atoms with Crippen molar-refractivity contribution in [1.82, 2.24) is 0 Å². The van der Waals surface area contributed by atoms with Crippen molar-refractivity contribution in [3.05, 3.63) is 91.3 Å². The molecule has 0 bridgehead atoms. The van der Waals surface area contributed by atoms with Crippen molar-refractivity contribution in [3.8, 4) is 5.75 Å². The number of anilines is 1. The van der Waals surface area contributed by atoms with Crippen LogP contribution >= 0.6 is 50.7 Å². The van der Waals surface area contributed by atoms with Gasteiger partial charge in [0.05, 0.1) is 10.0 Å². The van der Waals surface area contributed by atoms with Gasteiger partial charge in [-0.15, -0.1) is 0 Å². The third-order valence-corrected chi connectivity index (χ3v) is 5.04. The molecule has 3 aromatic carbocycles. The largest absolute Gasteiger partial charge is 0.486 e. The van der Waals surface area contributed by atoms with Crippen molar-refractivity contribution in [2.24, 2.45) is 0 Å². The van der Waals surface area contributed by atoms with Gasteiger partial charge in [0.1, 0.15) is 6.61 Å². The fraction of sp³-hybridized carbons (Fsp3) is 0.100. The highest BCUT2D eigenvalue weighted by Gasteiger charge is 2.10. The molecule has 0 atom stereocenters. The molecule has 0 saturated heterocycles. The summed E-state index contributed by atoms with van der Waals surface area (Å²) in [6.45, 7) is 0.989. The summed E-state index contributed by atoms with van der Waals surface area (Å²) in [5.74, 6) is 0.492. The number of rotatable bonds is 6. The van der Waals surface area contributed by atoms with Gasteiger partial charge in [0.25, 0.3) is 0 Å². The Hall–Kier alpha value is -1.39. The van der Waals surface area contributed by atoms with Crippen LogP contribution in [0.3, 0.4) is 0 Å². The number of halogens is 4. The van der Waals surface area contributed by atoms with Crippen molar-refractivity contribution in [1.29, 1.82) is 0 Å². The van der Waals surface area contributed by atoms with Crippen molar-refractivity contribution in [2.75, 3.05) is 5.32 Å². The SMILES string of the molecule is Clc1ccc(NCc2cc(Cl)c(OCc3ccc(Br)cc3)c(Cl)c2)cc1. The molecule has 0 aromatic heterocycles. The quantitative estimate of drug-likeness (QED) is 0.400. The smallest absolute Gasteiger partial charge is 0.156 e. The van der Waals surface area contributed by atoms with Crippen molar-refractivity contribution >= 4 is 56.4 Å². The minimum Gasteiger partial charge on any atom is -0.486 e. The van der Waals surface area contributed by atoms with Gasteiger partial charge in [-0.1, -0.05) is 62.9 Å². The van der Waals surface area contributed by atoms with Crippen LogP contribution in [0.5, 0.6) is 5.75 Å². The average molecular weight is 472 g/mol. The fourth-order valence-electron chi connectivity index (χ4n) is 2.36. The maximum Gasteiger partial charge on any atom is 0.156 e. The molecular formula is C20H15BrCl3NO. The van der Waals surface area contributed by atoms with Crippen LogP contribution in [0.2, 0.25) is 15.1 Å². The number of hydrogen-bond donors (Lipinski definition) is 1. The standard InChI is InChI=1S/C20H15BrCl3NO/c21-15-3-1-13(2-4-15)12-26-20-18(23)9-14(10-19(20)24)11-25-17-7-5-16(22)6-8-17/h1-10,25H,11-12H2. The molecule has 0 radical (unpaired) electrons. The van der Waals surface area contributed by atoms with E-state index in [1.165, 1.54) is 0 Å². The van der Waals surface area contributed by atoms with Gasteiger partial charge < -0.3 is 10.1 Å². The maximum absolute atomic E-state index is 6.37. The fourth-order valence-corrected chi connectivity index (χ4v) is 3.39. The van der Waals surface area contributed by atoms with Crippen LogP contribution in [0.4, 0.5) is 5.69 Å². The lowest BCUT2D eigenvalue weighted by Crippen LogP contribution is -2.01. The van der Waals surface area contributed by atoms with Crippen LogP contribution in [0, 0.1) is 0 Å². The van der Waals surface area contributed by atoms with E-state index in [4.69, 9.17) is 39.5 Å². The van der Waals surface area contributed by atoms with Crippen molar-refractivity contribution < 1.29 is 4.74 Å². The Morgan fingerprint density at radius 1 is 0.808 bits per heavy atom.